The van der Waals surface area contributed by atoms with Gasteiger partial charge in [-0.2, -0.15) is 0 Å². The van der Waals surface area contributed by atoms with Crippen molar-refractivity contribution >= 4 is 29.1 Å². The molecule has 0 aromatic heterocycles. The van der Waals surface area contributed by atoms with Crippen LogP contribution in [0, 0.1) is 0 Å². The number of carbonyl (C=O) groups excluding carboxylic acids is 3. The molecule has 0 aliphatic heterocycles. The van der Waals surface area contributed by atoms with Gasteiger partial charge in [-0.3, -0.25) is 14.4 Å². The molecule has 0 atom stereocenters. The van der Waals surface area contributed by atoms with Gasteiger partial charge >= 0.3 is 0 Å². The van der Waals surface area contributed by atoms with Crippen molar-refractivity contribution in [3.63, 3.8) is 0 Å². The molecule has 31 heavy (non-hydrogen) atoms. The topological polar surface area (TPSA) is 120 Å². The molecular weight excluding hydrogens is 398 g/mol. The van der Waals surface area contributed by atoms with Crippen molar-refractivity contribution in [1.29, 1.82) is 0 Å². The Hall–Kier alpha value is -4.33. The lowest BCUT2D eigenvalue weighted by atomic mass is 10.2. The number of primary amides is 1. The van der Waals surface area contributed by atoms with Crippen molar-refractivity contribution in [1.82, 2.24) is 0 Å². The van der Waals surface area contributed by atoms with Crippen LogP contribution in [0.1, 0.15) is 20.7 Å². The van der Waals surface area contributed by atoms with E-state index in [4.69, 9.17) is 15.2 Å². The van der Waals surface area contributed by atoms with Gasteiger partial charge in [0.1, 0.15) is 11.5 Å². The summed E-state index contributed by atoms with van der Waals surface area (Å²) in [6, 6.07) is 19.7. The van der Waals surface area contributed by atoms with Gasteiger partial charge in [0, 0.05) is 16.8 Å². The third-order valence-electron chi connectivity index (χ3n) is 4.29. The monoisotopic (exact) mass is 419 g/mol. The number of methoxy groups -OCH3 is 1. The molecule has 0 bridgehead atoms. The summed E-state index contributed by atoms with van der Waals surface area (Å²) < 4.78 is 10.6. The van der Waals surface area contributed by atoms with E-state index in [-0.39, 0.29) is 18.4 Å². The molecule has 0 radical (unpaired) electrons. The first-order valence-electron chi connectivity index (χ1n) is 9.33. The Labute approximate surface area is 179 Å². The van der Waals surface area contributed by atoms with Gasteiger partial charge in [0.05, 0.1) is 12.8 Å². The highest BCUT2D eigenvalue weighted by molar-refractivity contribution is 6.05. The molecular formula is C23H21N3O5. The third-order valence-corrected chi connectivity index (χ3v) is 4.29. The second-order valence-electron chi connectivity index (χ2n) is 6.46. The molecule has 0 aliphatic rings. The van der Waals surface area contributed by atoms with Crippen LogP contribution in [0.15, 0.2) is 72.8 Å². The molecule has 0 spiro atoms. The van der Waals surface area contributed by atoms with Crippen molar-refractivity contribution in [2.45, 2.75) is 0 Å². The summed E-state index contributed by atoms with van der Waals surface area (Å²) in [5, 5.41) is 5.47. The van der Waals surface area contributed by atoms with Gasteiger partial charge in [0.25, 0.3) is 11.8 Å². The van der Waals surface area contributed by atoms with E-state index in [9.17, 15) is 14.4 Å². The van der Waals surface area contributed by atoms with Crippen LogP contribution in [-0.2, 0) is 4.79 Å². The molecule has 3 aromatic rings. The first kappa shape index (κ1) is 21.4. The SMILES string of the molecule is COc1ccccc1NC(=O)c1ccc(NC(=O)COc2ccc(C(N)=O)cc2)cc1. The number of para-hydroxylation sites is 2. The quantitative estimate of drug-likeness (QED) is 0.518. The number of rotatable bonds is 8. The molecule has 0 fully saturated rings. The fraction of sp³-hybridized carbons (Fsp3) is 0.0870. The zero-order valence-electron chi connectivity index (χ0n) is 16.8. The highest BCUT2D eigenvalue weighted by Gasteiger charge is 2.10. The summed E-state index contributed by atoms with van der Waals surface area (Å²) in [4.78, 5) is 35.6. The van der Waals surface area contributed by atoms with Crippen molar-refractivity contribution in [2.75, 3.05) is 24.4 Å². The maximum Gasteiger partial charge on any atom is 0.262 e. The maximum absolute atomic E-state index is 12.4. The number of benzene rings is 3. The summed E-state index contributed by atoms with van der Waals surface area (Å²) >= 11 is 0. The van der Waals surface area contributed by atoms with E-state index >= 15 is 0 Å². The largest absolute Gasteiger partial charge is 0.495 e. The van der Waals surface area contributed by atoms with E-state index in [1.165, 1.54) is 19.2 Å². The van der Waals surface area contributed by atoms with Gasteiger partial charge < -0.3 is 25.8 Å². The molecule has 3 aromatic carbocycles. The van der Waals surface area contributed by atoms with Gasteiger partial charge in [0.2, 0.25) is 5.91 Å². The lowest BCUT2D eigenvalue weighted by molar-refractivity contribution is -0.118. The van der Waals surface area contributed by atoms with Gasteiger partial charge in [0.15, 0.2) is 6.61 Å². The lowest BCUT2D eigenvalue weighted by Crippen LogP contribution is -2.20. The summed E-state index contributed by atoms with van der Waals surface area (Å²) in [6.45, 7) is -0.216. The van der Waals surface area contributed by atoms with Gasteiger partial charge in [-0.05, 0) is 60.7 Å². The molecule has 0 aliphatic carbocycles. The minimum Gasteiger partial charge on any atom is -0.495 e. The van der Waals surface area contributed by atoms with E-state index < -0.39 is 5.91 Å². The van der Waals surface area contributed by atoms with Gasteiger partial charge in [-0.25, -0.2) is 0 Å². The van der Waals surface area contributed by atoms with E-state index in [1.807, 2.05) is 6.07 Å². The number of carbonyl (C=O) groups is 3. The molecule has 3 amide bonds. The van der Waals surface area contributed by atoms with Crippen molar-refractivity contribution < 1.29 is 23.9 Å². The van der Waals surface area contributed by atoms with Crippen LogP contribution < -0.4 is 25.8 Å². The van der Waals surface area contributed by atoms with Crippen LogP contribution in [0.3, 0.4) is 0 Å². The normalized spacial score (nSPS) is 10.1. The zero-order chi connectivity index (χ0) is 22.2. The Bertz CT molecular complexity index is 1080. The van der Waals surface area contributed by atoms with Gasteiger partial charge in [-0.15, -0.1) is 0 Å². The number of anilines is 2. The van der Waals surface area contributed by atoms with Crippen LogP contribution in [-0.4, -0.2) is 31.4 Å². The minimum absolute atomic E-state index is 0.216. The third kappa shape index (κ3) is 5.83. The predicted molar refractivity (Wildman–Crippen MR) is 116 cm³/mol. The smallest absolute Gasteiger partial charge is 0.262 e. The highest BCUT2D eigenvalue weighted by atomic mass is 16.5. The number of nitrogens with two attached hydrogens (primary N) is 1. The van der Waals surface area contributed by atoms with E-state index in [2.05, 4.69) is 10.6 Å². The second-order valence-corrected chi connectivity index (χ2v) is 6.46. The van der Waals surface area contributed by atoms with Crippen LogP contribution in [0.4, 0.5) is 11.4 Å². The Balaban J connectivity index is 1.53. The molecule has 0 saturated carbocycles. The molecule has 0 heterocycles. The number of amides is 3. The van der Waals surface area contributed by atoms with Crippen molar-refractivity contribution in [3.8, 4) is 11.5 Å². The van der Waals surface area contributed by atoms with Crippen LogP contribution in [0.25, 0.3) is 0 Å². The average Bonchev–Trinajstić information content (AvgIpc) is 2.78. The fourth-order valence-electron chi connectivity index (χ4n) is 2.71. The molecule has 8 nitrogen and oxygen atoms in total. The Morgan fingerprint density at radius 1 is 0.839 bits per heavy atom. The number of hydrogen-bond acceptors (Lipinski definition) is 5. The Morgan fingerprint density at radius 2 is 1.48 bits per heavy atom. The number of nitrogens with one attached hydrogen (secondary N) is 2. The Morgan fingerprint density at radius 3 is 2.13 bits per heavy atom. The van der Waals surface area contributed by atoms with Crippen LogP contribution >= 0.6 is 0 Å². The van der Waals surface area contributed by atoms with Crippen molar-refractivity contribution in [2.24, 2.45) is 5.73 Å². The predicted octanol–water partition coefficient (Wildman–Crippen LogP) is 3.06. The summed E-state index contributed by atoms with van der Waals surface area (Å²) in [5.41, 5.74) is 7.04. The molecule has 0 saturated heterocycles. The van der Waals surface area contributed by atoms with E-state index in [0.29, 0.717) is 34.0 Å². The number of hydrogen-bond donors (Lipinski definition) is 3. The molecule has 3 rings (SSSR count). The summed E-state index contributed by atoms with van der Waals surface area (Å²) in [6.07, 6.45) is 0. The standard InChI is InChI=1S/C23H21N3O5/c1-30-20-5-3-2-4-19(20)26-23(29)16-6-10-17(11-7-16)25-21(27)14-31-18-12-8-15(9-13-18)22(24)28/h2-13H,14H2,1H3,(H2,24,28)(H,25,27)(H,26,29). The van der Waals surface area contributed by atoms with Crippen LogP contribution in [0.5, 0.6) is 11.5 Å². The number of ether oxygens (including phenoxy) is 2. The average molecular weight is 419 g/mol. The van der Waals surface area contributed by atoms with E-state index in [0.717, 1.165) is 0 Å². The van der Waals surface area contributed by atoms with Crippen LogP contribution in [0.2, 0.25) is 0 Å². The Kier molecular flexibility index (Phi) is 6.85. The molecule has 0 unspecified atom stereocenters. The molecule has 4 N–H and O–H groups in total. The van der Waals surface area contributed by atoms with E-state index in [1.54, 1.807) is 54.6 Å². The lowest BCUT2D eigenvalue weighted by Gasteiger charge is -2.11. The molecule has 8 heteroatoms. The minimum atomic E-state index is -0.538. The summed E-state index contributed by atoms with van der Waals surface area (Å²) in [5.74, 6) is -0.216. The second kappa shape index (κ2) is 9.93. The zero-order valence-corrected chi connectivity index (χ0v) is 16.8. The van der Waals surface area contributed by atoms with Gasteiger partial charge in [-0.1, -0.05) is 12.1 Å². The molecule has 158 valence electrons. The fourth-order valence-corrected chi connectivity index (χ4v) is 2.71. The highest BCUT2D eigenvalue weighted by Crippen LogP contribution is 2.24. The van der Waals surface area contributed by atoms with Crippen molar-refractivity contribution in [3.05, 3.63) is 83.9 Å². The first-order chi connectivity index (χ1) is 15.0. The maximum atomic E-state index is 12.4. The first-order valence-corrected chi connectivity index (χ1v) is 9.33. The summed E-state index contributed by atoms with van der Waals surface area (Å²) in [7, 11) is 1.53.